The van der Waals surface area contributed by atoms with E-state index in [0.717, 1.165) is 0 Å². The monoisotopic (exact) mass is 290 g/mol. The number of rotatable bonds is 5. The third kappa shape index (κ3) is 5.90. The van der Waals surface area contributed by atoms with E-state index < -0.39 is 18.0 Å². The highest BCUT2D eigenvalue weighted by Crippen LogP contribution is 2.14. The summed E-state index contributed by atoms with van der Waals surface area (Å²) in [5.41, 5.74) is 1.18. The van der Waals surface area contributed by atoms with Gasteiger partial charge in [-0.3, -0.25) is 9.59 Å². The van der Waals surface area contributed by atoms with Gasteiger partial charge in [-0.1, -0.05) is 6.08 Å². The lowest BCUT2D eigenvalue weighted by atomic mass is 10.2. The maximum atomic E-state index is 11.8. The van der Waals surface area contributed by atoms with Gasteiger partial charge in [0.2, 0.25) is 5.91 Å². The fourth-order valence-electron chi connectivity index (χ4n) is 1.49. The molecule has 112 valence electrons. The molecule has 1 aromatic carbocycles. The first kappa shape index (κ1) is 16.4. The smallest absolute Gasteiger partial charge is 0.331 e. The molecule has 0 spiro atoms. The van der Waals surface area contributed by atoms with Gasteiger partial charge in [-0.05, 0) is 38.1 Å². The van der Waals surface area contributed by atoms with Crippen molar-refractivity contribution in [3.63, 3.8) is 0 Å². The molecule has 0 radical (unpaired) electrons. The summed E-state index contributed by atoms with van der Waals surface area (Å²) in [6.07, 6.45) is 1.88. The van der Waals surface area contributed by atoms with Crippen molar-refractivity contribution in [3.05, 3.63) is 36.4 Å². The Kier molecular flexibility index (Phi) is 6.13. The van der Waals surface area contributed by atoms with Gasteiger partial charge in [0.05, 0.1) is 0 Å². The molecule has 0 aliphatic carbocycles. The largest absolute Gasteiger partial charge is 0.449 e. The second-order valence-electron chi connectivity index (χ2n) is 4.33. The van der Waals surface area contributed by atoms with Gasteiger partial charge in [-0.15, -0.1) is 0 Å². The Morgan fingerprint density at radius 3 is 2.10 bits per heavy atom. The van der Waals surface area contributed by atoms with Gasteiger partial charge >= 0.3 is 5.97 Å². The van der Waals surface area contributed by atoms with Crippen LogP contribution in [0.5, 0.6) is 0 Å². The van der Waals surface area contributed by atoms with Crippen LogP contribution in [-0.2, 0) is 19.1 Å². The van der Waals surface area contributed by atoms with Crippen LogP contribution >= 0.6 is 0 Å². The van der Waals surface area contributed by atoms with E-state index in [4.69, 9.17) is 4.74 Å². The van der Waals surface area contributed by atoms with E-state index in [1.165, 1.54) is 26.0 Å². The fraction of sp³-hybridized carbons (Fsp3) is 0.267. The third-order valence-corrected chi connectivity index (χ3v) is 2.44. The normalized spacial score (nSPS) is 11.8. The van der Waals surface area contributed by atoms with Crippen LogP contribution in [0.3, 0.4) is 0 Å². The lowest BCUT2D eigenvalue weighted by molar-refractivity contribution is -0.148. The predicted molar refractivity (Wildman–Crippen MR) is 79.7 cm³/mol. The highest BCUT2D eigenvalue weighted by molar-refractivity contribution is 5.96. The summed E-state index contributed by atoms with van der Waals surface area (Å²) >= 11 is 0. The molecule has 6 heteroatoms. The van der Waals surface area contributed by atoms with Gasteiger partial charge in [0.1, 0.15) is 0 Å². The van der Waals surface area contributed by atoms with Gasteiger partial charge in [0.15, 0.2) is 6.10 Å². The number of carbonyl (C=O) groups is 3. The van der Waals surface area contributed by atoms with E-state index >= 15 is 0 Å². The number of amides is 2. The maximum Gasteiger partial charge on any atom is 0.331 e. The second kappa shape index (κ2) is 7.84. The molecule has 0 saturated heterocycles. The molecule has 1 unspecified atom stereocenters. The number of esters is 1. The van der Waals surface area contributed by atoms with Crippen molar-refractivity contribution >= 4 is 29.2 Å². The van der Waals surface area contributed by atoms with Gasteiger partial charge < -0.3 is 15.4 Å². The molecule has 1 atom stereocenters. The molecule has 0 fully saturated rings. The van der Waals surface area contributed by atoms with Gasteiger partial charge in [-0.25, -0.2) is 4.79 Å². The minimum Gasteiger partial charge on any atom is -0.449 e. The van der Waals surface area contributed by atoms with Crippen LogP contribution in [0.25, 0.3) is 0 Å². The zero-order valence-electron chi connectivity index (χ0n) is 12.2. The Bertz CT molecular complexity index is 549. The Labute approximate surface area is 123 Å². The molecule has 2 amide bonds. The Morgan fingerprint density at radius 1 is 1.10 bits per heavy atom. The van der Waals surface area contributed by atoms with Crippen molar-refractivity contribution in [1.29, 1.82) is 0 Å². The molecule has 6 nitrogen and oxygen atoms in total. The molecule has 0 heterocycles. The van der Waals surface area contributed by atoms with E-state index in [2.05, 4.69) is 10.6 Å². The number of ether oxygens (including phenoxy) is 1. The second-order valence-corrected chi connectivity index (χ2v) is 4.33. The maximum absolute atomic E-state index is 11.8. The van der Waals surface area contributed by atoms with Crippen molar-refractivity contribution in [2.45, 2.75) is 26.9 Å². The predicted octanol–water partition coefficient (Wildman–Crippen LogP) is 2.09. The first-order valence-electron chi connectivity index (χ1n) is 6.44. The summed E-state index contributed by atoms with van der Waals surface area (Å²) in [5.74, 6) is -1.17. The van der Waals surface area contributed by atoms with Crippen LogP contribution < -0.4 is 10.6 Å². The molecule has 1 rings (SSSR count). The number of nitrogens with one attached hydrogen (secondary N) is 2. The Balaban J connectivity index is 2.57. The minimum absolute atomic E-state index is 0.170. The minimum atomic E-state index is -0.899. The van der Waals surface area contributed by atoms with Crippen molar-refractivity contribution < 1.29 is 19.1 Å². The molecule has 0 saturated carbocycles. The summed E-state index contributed by atoms with van der Waals surface area (Å²) < 4.78 is 4.91. The van der Waals surface area contributed by atoms with Crippen LogP contribution in [0.2, 0.25) is 0 Å². The zero-order valence-corrected chi connectivity index (χ0v) is 12.2. The van der Waals surface area contributed by atoms with E-state index in [1.54, 1.807) is 31.2 Å². The van der Waals surface area contributed by atoms with Crippen molar-refractivity contribution in [3.8, 4) is 0 Å². The number of carbonyl (C=O) groups excluding carboxylic acids is 3. The van der Waals surface area contributed by atoms with E-state index in [9.17, 15) is 14.4 Å². The van der Waals surface area contributed by atoms with Crippen molar-refractivity contribution in [1.82, 2.24) is 0 Å². The Hall–Kier alpha value is -2.63. The molecule has 21 heavy (non-hydrogen) atoms. The number of allylic oxidation sites excluding steroid dienone is 1. The summed E-state index contributed by atoms with van der Waals surface area (Å²) in [7, 11) is 0. The first-order valence-corrected chi connectivity index (χ1v) is 6.44. The number of hydrogen-bond acceptors (Lipinski definition) is 4. The quantitative estimate of drug-likeness (QED) is 0.642. The molecule has 0 bridgehead atoms. The van der Waals surface area contributed by atoms with Crippen LogP contribution in [0.15, 0.2) is 36.4 Å². The molecule has 0 aromatic heterocycles. The molecule has 2 N–H and O–H groups in total. The average Bonchev–Trinajstić information content (AvgIpc) is 2.40. The molecule has 1 aromatic rings. The van der Waals surface area contributed by atoms with E-state index in [0.29, 0.717) is 11.4 Å². The SMILES string of the molecule is CC=CC(=O)OC(C)C(=O)Nc1ccc(NC(C)=O)cc1. The molecular weight excluding hydrogens is 272 g/mol. The number of hydrogen-bond donors (Lipinski definition) is 2. The number of anilines is 2. The van der Waals surface area contributed by atoms with Crippen LogP contribution in [0.4, 0.5) is 11.4 Å². The Morgan fingerprint density at radius 2 is 1.62 bits per heavy atom. The van der Waals surface area contributed by atoms with E-state index in [1.807, 2.05) is 0 Å². The lowest BCUT2D eigenvalue weighted by Crippen LogP contribution is -2.29. The van der Waals surface area contributed by atoms with Crippen molar-refractivity contribution in [2.75, 3.05) is 10.6 Å². The number of benzene rings is 1. The highest BCUT2D eigenvalue weighted by Gasteiger charge is 2.16. The van der Waals surface area contributed by atoms with Crippen LogP contribution in [0.1, 0.15) is 20.8 Å². The van der Waals surface area contributed by atoms with Crippen molar-refractivity contribution in [2.24, 2.45) is 0 Å². The first-order chi connectivity index (χ1) is 9.92. The van der Waals surface area contributed by atoms with Gasteiger partial charge in [-0.2, -0.15) is 0 Å². The molecular formula is C15H18N2O4. The summed E-state index contributed by atoms with van der Waals surface area (Å²) in [6, 6.07) is 6.61. The van der Waals surface area contributed by atoms with E-state index in [-0.39, 0.29) is 5.91 Å². The summed E-state index contributed by atoms with van der Waals surface area (Å²) in [6.45, 7) is 4.58. The standard InChI is InChI=1S/C15H18N2O4/c1-4-5-14(19)21-10(2)15(20)17-13-8-6-12(7-9-13)16-11(3)18/h4-10H,1-3H3,(H,16,18)(H,17,20). The summed E-state index contributed by atoms with van der Waals surface area (Å²) in [4.78, 5) is 33.9. The van der Waals surface area contributed by atoms with Gasteiger partial charge in [0.25, 0.3) is 5.91 Å². The fourth-order valence-corrected chi connectivity index (χ4v) is 1.49. The summed E-state index contributed by atoms with van der Waals surface area (Å²) in [5, 5.41) is 5.24. The highest BCUT2D eigenvalue weighted by atomic mass is 16.5. The molecule has 0 aliphatic rings. The van der Waals surface area contributed by atoms with Crippen LogP contribution in [-0.4, -0.2) is 23.9 Å². The lowest BCUT2D eigenvalue weighted by Gasteiger charge is -2.12. The third-order valence-electron chi connectivity index (χ3n) is 2.44. The topological polar surface area (TPSA) is 84.5 Å². The van der Waals surface area contributed by atoms with Gasteiger partial charge in [0, 0.05) is 24.4 Å². The van der Waals surface area contributed by atoms with Crippen LogP contribution in [0, 0.1) is 0 Å². The average molecular weight is 290 g/mol. The molecule has 0 aliphatic heterocycles. The zero-order chi connectivity index (χ0) is 15.8.